The molecule has 2 aromatic carbocycles. The quantitative estimate of drug-likeness (QED) is 0.358. The molecule has 0 spiro atoms. The van der Waals surface area contributed by atoms with Crippen molar-refractivity contribution in [3.63, 3.8) is 0 Å². The van der Waals surface area contributed by atoms with Gasteiger partial charge in [-0.1, -0.05) is 24.3 Å². The summed E-state index contributed by atoms with van der Waals surface area (Å²) in [5, 5.41) is 12.5. The number of rotatable bonds is 9. The molecule has 0 aliphatic carbocycles. The number of aromatic nitrogens is 2. The first kappa shape index (κ1) is 28.1. The van der Waals surface area contributed by atoms with E-state index in [0.717, 1.165) is 16.6 Å². The fourth-order valence-electron chi connectivity index (χ4n) is 4.57. The topological polar surface area (TPSA) is 134 Å². The number of amides is 2. The highest BCUT2D eigenvalue weighted by Gasteiger charge is 2.30. The Morgan fingerprint density at radius 2 is 1.79 bits per heavy atom. The van der Waals surface area contributed by atoms with E-state index in [1.165, 1.54) is 0 Å². The van der Waals surface area contributed by atoms with Gasteiger partial charge in [0.15, 0.2) is 0 Å². The number of para-hydroxylation sites is 2. The van der Waals surface area contributed by atoms with Gasteiger partial charge >= 0.3 is 5.97 Å². The van der Waals surface area contributed by atoms with E-state index in [1.54, 1.807) is 49.9 Å². The lowest BCUT2D eigenvalue weighted by molar-refractivity contribution is -0.163. The number of aromatic amines is 1. The van der Waals surface area contributed by atoms with Gasteiger partial charge in [-0.05, 0) is 63.4 Å². The monoisotopic (exact) mass is 536 g/mol. The lowest BCUT2D eigenvalue weighted by atomic mass is 10.0. The number of carbonyl (C=O) groups is 3. The van der Waals surface area contributed by atoms with Gasteiger partial charge in [0.2, 0.25) is 11.8 Å². The van der Waals surface area contributed by atoms with Crippen LogP contribution < -0.4 is 5.32 Å². The highest BCUT2D eigenvalue weighted by molar-refractivity contribution is 5.89. The molecule has 1 atom stereocenters. The third kappa shape index (κ3) is 8.28. The van der Waals surface area contributed by atoms with E-state index in [-0.39, 0.29) is 43.1 Å². The zero-order chi connectivity index (χ0) is 28.0. The van der Waals surface area contributed by atoms with Gasteiger partial charge in [-0.2, -0.15) is 0 Å². The first-order chi connectivity index (χ1) is 18.6. The molecule has 1 saturated heterocycles. The summed E-state index contributed by atoms with van der Waals surface area (Å²) < 4.78 is 11.0. The number of H-pyrrole nitrogens is 1. The van der Waals surface area contributed by atoms with Gasteiger partial charge in [-0.3, -0.25) is 9.59 Å². The van der Waals surface area contributed by atoms with Crippen LogP contribution >= 0.6 is 0 Å². The summed E-state index contributed by atoms with van der Waals surface area (Å²) in [6.45, 7) is 6.18. The minimum atomic E-state index is -0.786. The van der Waals surface area contributed by atoms with E-state index in [1.807, 2.05) is 24.3 Å². The summed E-state index contributed by atoms with van der Waals surface area (Å²) in [6, 6.07) is 13.3. The number of fused-ring (bicyclic) bond motifs is 1. The van der Waals surface area contributed by atoms with Gasteiger partial charge in [-0.25, -0.2) is 9.78 Å². The number of esters is 1. The zero-order valence-corrected chi connectivity index (χ0v) is 22.6. The number of nitrogens with zero attached hydrogens (tertiary/aromatic N) is 2. The number of phenolic OH excluding ortho intramolecular Hbond substituents is 1. The number of nitrogens with one attached hydrogen (secondary N) is 2. The van der Waals surface area contributed by atoms with Crippen molar-refractivity contribution < 1.29 is 29.0 Å². The molecule has 0 radical (unpaired) electrons. The molecule has 10 nitrogen and oxygen atoms in total. The molecule has 2 heterocycles. The van der Waals surface area contributed by atoms with Crippen LogP contribution in [0.5, 0.6) is 5.75 Å². The molecular weight excluding hydrogens is 500 g/mol. The first-order valence-electron chi connectivity index (χ1n) is 13.2. The minimum absolute atomic E-state index is 0.00855. The number of aromatic hydroxyl groups is 1. The predicted molar refractivity (Wildman–Crippen MR) is 145 cm³/mol. The molecule has 1 fully saturated rings. The summed E-state index contributed by atoms with van der Waals surface area (Å²) in [5.41, 5.74) is 1.85. The fourth-order valence-corrected chi connectivity index (χ4v) is 4.57. The molecule has 4 rings (SSSR count). The van der Waals surface area contributed by atoms with Crippen molar-refractivity contribution in [3.05, 3.63) is 59.9 Å². The number of benzene rings is 2. The molecule has 1 aromatic heterocycles. The van der Waals surface area contributed by atoms with E-state index in [9.17, 15) is 19.5 Å². The number of imidazole rings is 1. The number of hydrogen-bond donors (Lipinski definition) is 3. The van der Waals surface area contributed by atoms with Crippen LogP contribution in [0.3, 0.4) is 0 Å². The van der Waals surface area contributed by atoms with E-state index >= 15 is 0 Å². The second-order valence-electron chi connectivity index (χ2n) is 10.8. The second kappa shape index (κ2) is 12.3. The number of likely N-dealkylation sites (tertiary alicyclic amines) is 1. The molecular formula is C29H36N4O6. The molecule has 3 N–H and O–H groups in total. The molecule has 39 heavy (non-hydrogen) atoms. The van der Waals surface area contributed by atoms with Crippen molar-refractivity contribution in [2.75, 3.05) is 19.7 Å². The lowest BCUT2D eigenvalue weighted by Crippen LogP contribution is -2.52. The minimum Gasteiger partial charge on any atom is -0.508 e. The first-order valence-corrected chi connectivity index (χ1v) is 13.2. The maximum absolute atomic E-state index is 13.6. The Hall–Kier alpha value is -3.92. The highest BCUT2D eigenvalue weighted by Crippen LogP contribution is 2.18. The summed E-state index contributed by atoms with van der Waals surface area (Å²) >= 11 is 0. The maximum atomic E-state index is 13.6. The Bertz CT molecular complexity index is 1260. The lowest BCUT2D eigenvalue weighted by Gasteiger charge is -2.34. The Morgan fingerprint density at radius 1 is 1.10 bits per heavy atom. The van der Waals surface area contributed by atoms with Gasteiger partial charge in [-0.15, -0.1) is 0 Å². The van der Waals surface area contributed by atoms with E-state index in [4.69, 9.17) is 9.47 Å². The molecule has 3 aromatic rings. The maximum Gasteiger partial charge on any atom is 0.332 e. The Kier molecular flexibility index (Phi) is 8.86. The zero-order valence-electron chi connectivity index (χ0n) is 22.6. The van der Waals surface area contributed by atoms with Crippen molar-refractivity contribution >= 4 is 28.8 Å². The number of ether oxygens (including phenoxy) is 2. The molecule has 208 valence electrons. The van der Waals surface area contributed by atoms with Gasteiger partial charge in [0.05, 0.1) is 23.6 Å². The summed E-state index contributed by atoms with van der Waals surface area (Å²) in [6.07, 6.45) is 1.29. The van der Waals surface area contributed by atoms with E-state index in [0.29, 0.717) is 31.8 Å². The van der Waals surface area contributed by atoms with E-state index < -0.39 is 17.6 Å². The van der Waals surface area contributed by atoms with Crippen LogP contribution in [0.15, 0.2) is 48.5 Å². The number of piperidine rings is 1. The molecule has 10 heteroatoms. The second-order valence-corrected chi connectivity index (χ2v) is 10.8. The van der Waals surface area contributed by atoms with Crippen LogP contribution in [0.2, 0.25) is 0 Å². The van der Waals surface area contributed by atoms with Gasteiger partial charge in [0, 0.05) is 19.5 Å². The normalized spacial score (nSPS) is 15.2. The van der Waals surface area contributed by atoms with Gasteiger partial charge < -0.3 is 29.8 Å². The van der Waals surface area contributed by atoms with Gasteiger partial charge in [0.25, 0.3) is 0 Å². The molecule has 0 bridgehead atoms. The van der Waals surface area contributed by atoms with Crippen LogP contribution in [0.1, 0.15) is 45.0 Å². The Balaban J connectivity index is 1.36. The largest absolute Gasteiger partial charge is 0.508 e. The van der Waals surface area contributed by atoms with E-state index in [2.05, 4.69) is 15.3 Å². The van der Waals surface area contributed by atoms with Crippen LogP contribution in [0, 0.1) is 0 Å². The molecule has 2 amide bonds. The van der Waals surface area contributed by atoms with Crippen molar-refractivity contribution in [2.45, 2.75) is 64.2 Å². The van der Waals surface area contributed by atoms with Crippen LogP contribution in [0.25, 0.3) is 11.0 Å². The third-order valence-electron chi connectivity index (χ3n) is 6.39. The third-order valence-corrected chi connectivity index (χ3v) is 6.39. The average Bonchev–Trinajstić information content (AvgIpc) is 3.29. The standard InChI is InChI=1S/C29H36N4O6/c1-29(2,3)39-27(36)18-38-21-12-14-33(15-13-21)28(37)24(16-19-8-10-20(34)11-9-19)32-26(35)17-25-30-22-6-4-5-7-23(22)31-25/h4-11,21,24,34H,12-18H2,1-3H3,(H,30,31)(H,32,35)/t24-/m0/s1. The highest BCUT2D eigenvalue weighted by atomic mass is 16.6. The Labute approximate surface area is 227 Å². The smallest absolute Gasteiger partial charge is 0.332 e. The van der Waals surface area contributed by atoms with Crippen molar-refractivity contribution in [3.8, 4) is 5.75 Å². The van der Waals surface area contributed by atoms with Crippen LogP contribution in [-0.2, 0) is 36.7 Å². The van der Waals surface area contributed by atoms with Crippen LogP contribution in [-0.4, -0.2) is 75.2 Å². The average molecular weight is 537 g/mol. The van der Waals surface area contributed by atoms with Crippen molar-refractivity contribution in [1.29, 1.82) is 0 Å². The number of hydrogen-bond acceptors (Lipinski definition) is 7. The Morgan fingerprint density at radius 3 is 2.46 bits per heavy atom. The molecule has 1 aliphatic heterocycles. The fraction of sp³-hybridized carbons (Fsp3) is 0.448. The molecule has 0 saturated carbocycles. The molecule has 1 aliphatic rings. The van der Waals surface area contributed by atoms with Crippen LogP contribution in [0.4, 0.5) is 0 Å². The predicted octanol–water partition coefficient (Wildman–Crippen LogP) is 2.89. The van der Waals surface area contributed by atoms with Crippen molar-refractivity contribution in [2.24, 2.45) is 0 Å². The number of phenols is 1. The summed E-state index contributed by atoms with van der Waals surface area (Å²) in [4.78, 5) is 47.8. The summed E-state index contributed by atoms with van der Waals surface area (Å²) in [5.74, 6) is -0.271. The SMILES string of the molecule is CC(C)(C)OC(=O)COC1CCN(C(=O)[C@H](Cc2ccc(O)cc2)NC(=O)Cc2nc3ccccc3[nH]2)CC1. The van der Waals surface area contributed by atoms with Gasteiger partial charge in [0.1, 0.15) is 29.8 Å². The molecule has 0 unspecified atom stereocenters. The van der Waals surface area contributed by atoms with Crippen molar-refractivity contribution in [1.82, 2.24) is 20.2 Å². The number of carbonyl (C=O) groups excluding carboxylic acids is 3. The summed E-state index contributed by atoms with van der Waals surface area (Å²) in [7, 11) is 0.